The van der Waals surface area contributed by atoms with Crippen LogP contribution in [0.15, 0.2) is 30.3 Å². The largest absolute Gasteiger partial charge is 0.494 e. The lowest BCUT2D eigenvalue weighted by Gasteiger charge is -2.22. The Kier molecular flexibility index (Phi) is 9.45. The molecule has 37 heavy (non-hydrogen) atoms. The van der Waals surface area contributed by atoms with E-state index in [1.807, 2.05) is 0 Å². The van der Waals surface area contributed by atoms with Gasteiger partial charge in [-0.05, 0) is 69.4 Å². The number of amides is 2. The highest BCUT2D eigenvalue weighted by atomic mass is 35.5. The van der Waals surface area contributed by atoms with Gasteiger partial charge < -0.3 is 35.3 Å². The van der Waals surface area contributed by atoms with Gasteiger partial charge in [0.05, 0.1) is 24.4 Å². The first-order valence-corrected chi connectivity index (χ1v) is 12.3. The highest BCUT2D eigenvalue weighted by Gasteiger charge is 2.27. The van der Waals surface area contributed by atoms with E-state index >= 15 is 0 Å². The van der Waals surface area contributed by atoms with Crippen LogP contribution in [0.25, 0.3) is 0 Å². The van der Waals surface area contributed by atoms with Crippen molar-refractivity contribution in [1.29, 1.82) is 0 Å². The number of hydrogen-bond donors (Lipinski definition) is 4. The molecule has 1 aliphatic carbocycles. The van der Waals surface area contributed by atoms with Gasteiger partial charge in [0.1, 0.15) is 12.2 Å². The maximum Gasteiger partial charge on any atom is 0.407 e. The predicted octanol–water partition coefficient (Wildman–Crippen LogP) is 4.46. The summed E-state index contributed by atoms with van der Waals surface area (Å²) in [4.78, 5) is 25.1. The second-order valence-corrected chi connectivity index (χ2v) is 10.2. The summed E-state index contributed by atoms with van der Waals surface area (Å²) in [6, 6.07) is 7.45. The van der Waals surface area contributed by atoms with Crippen LogP contribution in [0, 0.1) is 11.7 Å². The Hall–Kier alpha value is -3.24. The van der Waals surface area contributed by atoms with Crippen LogP contribution >= 0.6 is 11.6 Å². The van der Waals surface area contributed by atoms with E-state index in [4.69, 9.17) is 25.8 Å². The van der Waals surface area contributed by atoms with Gasteiger partial charge in [-0.15, -0.1) is 0 Å². The number of hydrogen-bond acceptors (Lipinski definition) is 7. The Morgan fingerprint density at radius 2 is 1.95 bits per heavy atom. The monoisotopic (exact) mass is 537 g/mol. The topological polar surface area (TPSA) is 118 Å². The fraction of sp³-hybridized carbons (Fsp3) is 0.462. The number of benzene rings is 2. The number of rotatable bonds is 11. The predicted molar refractivity (Wildman–Crippen MR) is 138 cm³/mol. The van der Waals surface area contributed by atoms with Gasteiger partial charge >= 0.3 is 6.09 Å². The van der Waals surface area contributed by atoms with Crippen molar-refractivity contribution in [1.82, 2.24) is 10.6 Å². The Balaban J connectivity index is 1.74. The molecule has 0 aromatic heterocycles. The molecule has 4 N–H and O–H groups in total. The number of aliphatic hydroxyl groups is 1. The van der Waals surface area contributed by atoms with Gasteiger partial charge in [-0.3, -0.25) is 4.79 Å². The van der Waals surface area contributed by atoms with E-state index in [0.717, 1.165) is 12.8 Å². The van der Waals surface area contributed by atoms with Gasteiger partial charge in [-0.25, -0.2) is 9.18 Å². The average Bonchev–Trinajstić information content (AvgIpc) is 3.65. The average molecular weight is 538 g/mol. The van der Waals surface area contributed by atoms with Crippen LogP contribution in [-0.2, 0) is 11.3 Å². The minimum absolute atomic E-state index is 0.0369. The van der Waals surface area contributed by atoms with E-state index in [-0.39, 0.29) is 35.2 Å². The van der Waals surface area contributed by atoms with Crippen molar-refractivity contribution in [2.45, 2.75) is 51.9 Å². The second kappa shape index (κ2) is 12.3. The first-order chi connectivity index (χ1) is 17.5. The molecule has 0 radical (unpaired) electrons. The fourth-order valence-corrected chi connectivity index (χ4v) is 3.56. The SMILES string of the molecule is COc1ccc(CNC(=O)c2c(Cl)ccc(NC(O)COC(=O)NC(C)(C)C)c2OCC2CC2)cc1F. The number of carbonyl (C=O) groups is 2. The van der Waals surface area contributed by atoms with Crippen LogP contribution in [0.2, 0.25) is 5.02 Å². The molecule has 2 aromatic carbocycles. The van der Waals surface area contributed by atoms with Crippen LogP contribution in [0.5, 0.6) is 11.5 Å². The summed E-state index contributed by atoms with van der Waals surface area (Å²) < 4.78 is 30.0. The first-order valence-electron chi connectivity index (χ1n) is 11.9. The highest BCUT2D eigenvalue weighted by Crippen LogP contribution is 2.37. The zero-order chi connectivity index (χ0) is 27.2. The third-order valence-corrected chi connectivity index (χ3v) is 5.65. The summed E-state index contributed by atoms with van der Waals surface area (Å²) in [6.45, 7) is 5.47. The van der Waals surface area contributed by atoms with E-state index < -0.39 is 29.6 Å². The van der Waals surface area contributed by atoms with Gasteiger partial charge in [0.2, 0.25) is 0 Å². The molecule has 11 heteroatoms. The van der Waals surface area contributed by atoms with Crippen molar-refractivity contribution in [3.05, 3.63) is 52.3 Å². The van der Waals surface area contributed by atoms with Crippen molar-refractivity contribution >= 4 is 29.3 Å². The highest BCUT2D eigenvalue weighted by molar-refractivity contribution is 6.34. The minimum Gasteiger partial charge on any atom is -0.494 e. The summed E-state index contributed by atoms with van der Waals surface area (Å²) in [5, 5.41) is 18.7. The molecule has 1 aliphatic rings. The molecule has 9 nitrogen and oxygen atoms in total. The maximum atomic E-state index is 14.0. The lowest BCUT2D eigenvalue weighted by molar-refractivity contribution is 0.0782. The van der Waals surface area contributed by atoms with Crippen molar-refractivity contribution in [2.24, 2.45) is 5.92 Å². The standard InChI is InChI=1S/C26H33ClFN3O6/c1-26(2,3)31-25(34)37-14-21(32)30-19-9-8-17(27)22(23(19)36-13-15-5-6-15)24(33)29-12-16-7-10-20(35-4)18(28)11-16/h7-11,15,21,30,32H,5-6,12-14H2,1-4H3,(H,29,33)(H,31,34). The van der Waals surface area contributed by atoms with Crippen LogP contribution in [0.4, 0.5) is 14.9 Å². The number of aliphatic hydroxyl groups excluding tert-OH is 1. The molecule has 3 rings (SSSR count). The molecule has 0 heterocycles. The van der Waals surface area contributed by atoms with Gasteiger partial charge in [-0.1, -0.05) is 17.7 Å². The zero-order valence-electron chi connectivity index (χ0n) is 21.3. The number of ether oxygens (including phenoxy) is 3. The van der Waals surface area contributed by atoms with Crippen molar-refractivity contribution < 1.29 is 33.3 Å². The first kappa shape index (κ1) is 28.3. The van der Waals surface area contributed by atoms with E-state index in [0.29, 0.717) is 23.8 Å². The Morgan fingerprint density at radius 1 is 1.22 bits per heavy atom. The number of nitrogens with one attached hydrogen (secondary N) is 3. The molecule has 0 saturated heterocycles. The van der Waals surface area contributed by atoms with E-state index in [2.05, 4.69) is 16.0 Å². The van der Waals surface area contributed by atoms with Crippen LogP contribution in [-0.4, -0.2) is 49.2 Å². The second-order valence-electron chi connectivity index (χ2n) is 9.84. The summed E-state index contributed by atoms with van der Waals surface area (Å²) in [7, 11) is 1.37. The number of halogens is 2. The third-order valence-electron chi connectivity index (χ3n) is 5.33. The molecule has 0 bridgehead atoms. The molecular weight excluding hydrogens is 505 g/mol. The number of anilines is 1. The van der Waals surface area contributed by atoms with E-state index in [9.17, 15) is 19.1 Å². The molecule has 0 aliphatic heterocycles. The summed E-state index contributed by atoms with van der Waals surface area (Å²) in [5.74, 6) is -0.438. The van der Waals surface area contributed by atoms with Gasteiger partial charge in [0.15, 0.2) is 23.5 Å². The quantitative estimate of drug-likeness (QED) is 0.312. The number of methoxy groups -OCH3 is 1. The smallest absolute Gasteiger partial charge is 0.407 e. The Morgan fingerprint density at radius 3 is 2.57 bits per heavy atom. The van der Waals surface area contributed by atoms with Gasteiger partial charge in [0, 0.05) is 12.1 Å². The van der Waals surface area contributed by atoms with E-state index in [1.54, 1.807) is 32.9 Å². The summed E-state index contributed by atoms with van der Waals surface area (Å²) in [6.07, 6.45) is 0.0820. The van der Waals surface area contributed by atoms with Crippen molar-refractivity contribution in [3.8, 4) is 11.5 Å². The van der Waals surface area contributed by atoms with Gasteiger partial charge in [0.25, 0.3) is 5.91 Å². The molecule has 202 valence electrons. The molecule has 1 fully saturated rings. The summed E-state index contributed by atoms with van der Waals surface area (Å²) >= 11 is 6.39. The van der Waals surface area contributed by atoms with Crippen LogP contribution in [0.3, 0.4) is 0 Å². The molecule has 1 saturated carbocycles. The Labute approximate surface area is 220 Å². The lowest BCUT2D eigenvalue weighted by atomic mass is 10.1. The molecule has 2 aromatic rings. The van der Waals surface area contributed by atoms with Crippen molar-refractivity contribution in [2.75, 3.05) is 25.6 Å². The zero-order valence-corrected chi connectivity index (χ0v) is 22.1. The maximum absolute atomic E-state index is 14.0. The van der Waals surface area contributed by atoms with Crippen molar-refractivity contribution in [3.63, 3.8) is 0 Å². The molecular formula is C26H33ClFN3O6. The molecule has 1 unspecified atom stereocenters. The van der Waals surface area contributed by atoms with Gasteiger partial charge in [-0.2, -0.15) is 0 Å². The normalized spacial score (nSPS) is 13.9. The molecule has 2 amide bonds. The fourth-order valence-electron chi connectivity index (χ4n) is 3.33. The summed E-state index contributed by atoms with van der Waals surface area (Å²) in [5.41, 5.74) is 0.409. The molecule has 1 atom stereocenters. The lowest BCUT2D eigenvalue weighted by Crippen LogP contribution is -2.42. The number of alkyl carbamates (subject to hydrolysis) is 1. The van der Waals surface area contributed by atoms with Crippen LogP contribution in [0.1, 0.15) is 49.5 Å². The van der Waals surface area contributed by atoms with E-state index in [1.165, 1.54) is 25.3 Å². The van der Waals surface area contributed by atoms with Crippen LogP contribution < -0.4 is 25.4 Å². The Bertz CT molecular complexity index is 1120. The number of carbonyl (C=O) groups excluding carboxylic acids is 2. The minimum atomic E-state index is -1.28. The third kappa shape index (κ3) is 8.68. The molecule has 0 spiro atoms.